The number of methoxy groups -OCH3 is 1. The minimum absolute atomic E-state index is 0. The number of halogens is 2. The molecule has 2 N–H and O–H groups in total. The lowest BCUT2D eigenvalue weighted by molar-refractivity contribution is -0.146. The van der Waals surface area contributed by atoms with Gasteiger partial charge in [0, 0.05) is 18.5 Å². The number of carbonyl (C=O) groups is 1. The predicted molar refractivity (Wildman–Crippen MR) is 100 cm³/mol. The van der Waals surface area contributed by atoms with Gasteiger partial charge in [0.25, 0.3) is 5.91 Å². The van der Waals surface area contributed by atoms with Crippen LogP contribution in [0, 0.1) is 0 Å². The third kappa shape index (κ3) is 5.59. The van der Waals surface area contributed by atoms with Gasteiger partial charge in [-0.2, -0.15) is 0 Å². The van der Waals surface area contributed by atoms with E-state index in [-0.39, 0.29) is 36.8 Å². The summed E-state index contributed by atoms with van der Waals surface area (Å²) in [5, 5.41) is 8.42. The zero-order valence-electron chi connectivity index (χ0n) is 13.8. The number of rotatable bonds is 6. The number of carbonyl (C=O) groups excluding carboxylic acids is 1. The van der Waals surface area contributed by atoms with Crippen LogP contribution in [-0.2, 0) is 9.53 Å². The first-order chi connectivity index (χ1) is 10.1. The van der Waals surface area contributed by atoms with Crippen molar-refractivity contribution in [2.24, 2.45) is 0 Å². The average Bonchev–Trinajstić information content (AvgIpc) is 3.01. The minimum Gasteiger partial charge on any atom is -0.368 e. The van der Waals surface area contributed by atoms with E-state index in [0.29, 0.717) is 6.54 Å². The lowest BCUT2D eigenvalue weighted by atomic mass is 9.91. The third-order valence-electron chi connectivity index (χ3n) is 4.17. The van der Waals surface area contributed by atoms with Crippen LogP contribution in [0.1, 0.15) is 23.8 Å². The molecule has 1 aliphatic rings. The summed E-state index contributed by atoms with van der Waals surface area (Å²) in [4.78, 5) is 16.0. The van der Waals surface area contributed by atoms with Crippen LogP contribution in [-0.4, -0.2) is 57.2 Å². The van der Waals surface area contributed by atoms with Gasteiger partial charge in [-0.05, 0) is 51.5 Å². The van der Waals surface area contributed by atoms with E-state index < -0.39 is 5.60 Å². The molecule has 2 heterocycles. The number of hydrogen-bond acceptors (Lipinski definition) is 5. The first kappa shape index (κ1) is 22.6. The maximum Gasteiger partial charge on any atom is 0.252 e. The Bertz CT molecular complexity index is 452. The number of piperidine rings is 1. The molecule has 1 saturated heterocycles. The molecule has 0 aromatic carbocycles. The summed E-state index contributed by atoms with van der Waals surface area (Å²) in [5.41, 5.74) is -0.669. The van der Waals surface area contributed by atoms with E-state index in [0.717, 1.165) is 25.9 Å². The average molecular weight is 384 g/mol. The van der Waals surface area contributed by atoms with Gasteiger partial charge >= 0.3 is 0 Å². The Hall–Kier alpha value is -0.370. The number of ether oxygens (including phenoxy) is 1. The van der Waals surface area contributed by atoms with Crippen molar-refractivity contribution in [2.75, 3.05) is 40.8 Å². The van der Waals surface area contributed by atoms with Gasteiger partial charge < -0.3 is 20.3 Å². The molecule has 134 valence electrons. The fraction of sp³-hybridized carbons (Fsp3) is 0.667. The molecule has 0 bridgehead atoms. The number of amides is 1. The Morgan fingerprint density at radius 3 is 2.57 bits per heavy atom. The topological polar surface area (TPSA) is 53.6 Å². The van der Waals surface area contributed by atoms with E-state index in [1.807, 2.05) is 20.2 Å². The molecule has 1 aliphatic heterocycles. The van der Waals surface area contributed by atoms with Gasteiger partial charge in [0.05, 0.1) is 6.04 Å². The fourth-order valence-electron chi connectivity index (χ4n) is 2.72. The fourth-order valence-corrected chi connectivity index (χ4v) is 3.65. The van der Waals surface area contributed by atoms with Crippen molar-refractivity contribution >= 4 is 42.1 Å². The van der Waals surface area contributed by atoms with Crippen LogP contribution < -0.4 is 10.6 Å². The van der Waals surface area contributed by atoms with Crippen molar-refractivity contribution < 1.29 is 9.53 Å². The normalized spacial score (nSPS) is 17.7. The lowest BCUT2D eigenvalue weighted by Crippen LogP contribution is -2.55. The molecule has 2 rings (SSSR count). The number of likely N-dealkylation sites (N-methyl/N-ethyl adjacent to an activating group) is 1. The molecule has 1 amide bonds. The molecule has 1 unspecified atom stereocenters. The molecule has 1 aromatic heterocycles. The highest BCUT2D eigenvalue weighted by molar-refractivity contribution is 7.10. The molecular formula is C15H27Cl2N3O2S. The van der Waals surface area contributed by atoms with Gasteiger partial charge in [-0.3, -0.25) is 4.79 Å². The highest BCUT2D eigenvalue weighted by Gasteiger charge is 2.39. The molecule has 0 radical (unpaired) electrons. The molecule has 1 fully saturated rings. The zero-order valence-corrected chi connectivity index (χ0v) is 16.3. The molecule has 0 saturated carbocycles. The predicted octanol–water partition coefficient (Wildman–Crippen LogP) is 2.08. The van der Waals surface area contributed by atoms with Crippen LogP contribution in [0.3, 0.4) is 0 Å². The maximum absolute atomic E-state index is 12.6. The van der Waals surface area contributed by atoms with E-state index in [1.54, 1.807) is 18.4 Å². The number of thiophene rings is 1. The quantitative estimate of drug-likeness (QED) is 0.789. The van der Waals surface area contributed by atoms with E-state index >= 15 is 0 Å². The Kier molecular flexibility index (Phi) is 10.3. The zero-order chi connectivity index (χ0) is 15.3. The summed E-state index contributed by atoms with van der Waals surface area (Å²) in [6.07, 6.45) is 1.45. The Labute approximate surface area is 155 Å². The van der Waals surface area contributed by atoms with Gasteiger partial charge in [-0.25, -0.2) is 0 Å². The van der Waals surface area contributed by atoms with Crippen LogP contribution in [0.4, 0.5) is 0 Å². The second kappa shape index (κ2) is 10.5. The molecule has 0 aliphatic carbocycles. The summed E-state index contributed by atoms with van der Waals surface area (Å²) in [6, 6.07) is 4.35. The summed E-state index contributed by atoms with van der Waals surface area (Å²) in [5.74, 6) is 0.00917. The number of hydrogen-bond donors (Lipinski definition) is 2. The second-order valence-corrected chi connectivity index (χ2v) is 6.63. The van der Waals surface area contributed by atoms with Crippen LogP contribution in [0.5, 0.6) is 0 Å². The molecule has 1 atom stereocenters. The Morgan fingerprint density at radius 2 is 2.09 bits per heavy atom. The molecule has 1 aromatic rings. The summed E-state index contributed by atoms with van der Waals surface area (Å²) < 4.78 is 5.56. The lowest BCUT2D eigenvalue weighted by Gasteiger charge is -2.35. The van der Waals surface area contributed by atoms with Gasteiger partial charge in [0.2, 0.25) is 0 Å². The van der Waals surface area contributed by atoms with Crippen molar-refractivity contribution in [3.8, 4) is 0 Å². The summed E-state index contributed by atoms with van der Waals surface area (Å²) >= 11 is 1.72. The van der Waals surface area contributed by atoms with Gasteiger partial charge in [-0.1, -0.05) is 6.07 Å². The van der Waals surface area contributed by atoms with Crippen LogP contribution in [0.2, 0.25) is 0 Å². The molecule has 23 heavy (non-hydrogen) atoms. The molecule has 5 nitrogen and oxygen atoms in total. The summed E-state index contributed by atoms with van der Waals surface area (Å²) in [6.45, 7) is 2.25. The van der Waals surface area contributed by atoms with Gasteiger partial charge in [-0.15, -0.1) is 36.2 Å². The van der Waals surface area contributed by atoms with Crippen LogP contribution >= 0.6 is 36.2 Å². The number of nitrogens with zero attached hydrogens (tertiary/aromatic N) is 1. The van der Waals surface area contributed by atoms with Crippen molar-refractivity contribution in [2.45, 2.75) is 24.5 Å². The SMILES string of the molecule is COC1(C(=O)NCC(c2cccs2)N(C)C)CCNCC1.Cl.Cl. The number of nitrogens with one attached hydrogen (secondary N) is 2. The van der Waals surface area contributed by atoms with E-state index in [1.165, 1.54) is 4.88 Å². The first-order valence-electron chi connectivity index (χ1n) is 7.33. The van der Waals surface area contributed by atoms with E-state index in [4.69, 9.17) is 4.74 Å². The standard InChI is InChI=1S/C15H25N3O2S.2ClH/c1-18(2)12(13-5-4-10-21-13)11-17-14(19)15(20-3)6-8-16-9-7-15;;/h4-5,10,12,16H,6-9,11H2,1-3H3,(H,17,19);2*1H. The smallest absolute Gasteiger partial charge is 0.252 e. The van der Waals surface area contributed by atoms with Crippen molar-refractivity contribution in [3.63, 3.8) is 0 Å². The third-order valence-corrected chi connectivity index (χ3v) is 5.14. The molecule has 0 spiro atoms. The molecule has 8 heteroatoms. The van der Waals surface area contributed by atoms with Crippen molar-refractivity contribution in [3.05, 3.63) is 22.4 Å². The van der Waals surface area contributed by atoms with Gasteiger partial charge in [0.1, 0.15) is 5.60 Å². The van der Waals surface area contributed by atoms with Gasteiger partial charge in [0.15, 0.2) is 0 Å². The monoisotopic (exact) mass is 383 g/mol. The Morgan fingerprint density at radius 1 is 1.43 bits per heavy atom. The van der Waals surface area contributed by atoms with Crippen LogP contribution in [0.25, 0.3) is 0 Å². The van der Waals surface area contributed by atoms with Crippen LogP contribution in [0.15, 0.2) is 17.5 Å². The molecular weight excluding hydrogens is 357 g/mol. The maximum atomic E-state index is 12.6. The largest absolute Gasteiger partial charge is 0.368 e. The minimum atomic E-state index is -0.669. The Balaban J connectivity index is 0.00000242. The van der Waals surface area contributed by atoms with Crippen molar-refractivity contribution in [1.29, 1.82) is 0 Å². The highest BCUT2D eigenvalue weighted by atomic mass is 35.5. The van der Waals surface area contributed by atoms with E-state index in [2.05, 4.69) is 27.0 Å². The first-order valence-corrected chi connectivity index (χ1v) is 8.21. The van der Waals surface area contributed by atoms with E-state index in [9.17, 15) is 4.79 Å². The highest BCUT2D eigenvalue weighted by Crippen LogP contribution is 2.25. The van der Waals surface area contributed by atoms with Crippen molar-refractivity contribution in [1.82, 2.24) is 15.5 Å². The second-order valence-electron chi connectivity index (χ2n) is 5.65. The summed E-state index contributed by atoms with van der Waals surface area (Å²) in [7, 11) is 5.70.